The highest BCUT2D eigenvalue weighted by Gasteiger charge is 2.34. The molecule has 0 aliphatic heterocycles. The first-order valence-electron chi connectivity index (χ1n) is 9.33. The van der Waals surface area contributed by atoms with Gasteiger partial charge in [-0.15, -0.1) is 0 Å². The molecule has 1 atom stereocenters. The number of aliphatic carboxylic acids is 1. The van der Waals surface area contributed by atoms with Crippen LogP contribution in [0.2, 0.25) is 5.02 Å². The lowest BCUT2D eigenvalue weighted by Crippen LogP contribution is -2.33. The Kier molecular flexibility index (Phi) is 5.81. The van der Waals surface area contributed by atoms with Gasteiger partial charge in [-0.05, 0) is 44.5 Å². The average molecular weight is 467 g/mol. The van der Waals surface area contributed by atoms with Gasteiger partial charge in [0.05, 0.1) is 17.6 Å². The molecule has 2 heterocycles. The number of rotatable bonds is 5. The van der Waals surface area contributed by atoms with Gasteiger partial charge in [0, 0.05) is 29.2 Å². The van der Waals surface area contributed by atoms with Gasteiger partial charge in [0.2, 0.25) is 10.0 Å². The third-order valence-corrected chi connectivity index (χ3v) is 5.95. The van der Waals surface area contributed by atoms with E-state index < -0.39 is 33.3 Å². The van der Waals surface area contributed by atoms with Crippen molar-refractivity contribution < 1.29 is 23.1 Å². The molecule has 1 unspecified atom stereocenters. The monoisotopic (exact) mass is 466 g/mol. The summed E-state index contributed by atoms with van der Waals surface area (Å²) >= 11 is 6.02. The first-order valence-corrected chi connectivity index (χ1v) is 11.6. The zero-order valence-electron chi connectivity index (χ0n) is 17.7. The molecule has 0 aliphatic rings. The number of hydrogen-bond acceptors (Lipinski definition) is 5. The first-order chi connectivity index (χ1) is 14.2. The van der Waals surface area contributed by atoms with Crippen LogP contribution in [-0.4, -0.2) is 39.9 Å². The van der Waals surface area contributed by atoms with Crippen molar-refractivity contribution in [3.63, 3.8) is 0 Å². The van der Waals surface area contributed by atoms with Gasteiger partial charge in [-0.25, -0.2) is 17.2 Å². The standard InChI is InChI=1S/C21H23ClN2O6S/c1-21(2,3)30-18(20(26)27)17-15(12-6-8-13(22)9-7-12)14-10-11-24(31(5,28)29)16(14)19(25)23(17)4/h6-11,18H,1-5H3,(H,26,27). The molecule has 0 radical (unpaired) electrons. The van der Waals surface area contributed by atoms with Gasteiger partial charge in [-0.1, -0.05) is 23.7 Å². The van der Waals surface area contributed by atoms with Crippen LogP contribution in [0.5, 0.6) is 0 Å². The molecule has 0 aliphatic carbocycles. The molecular weight excluding hydrogens is 444 g/mol. The van der Waals surface area contributed by atoms with Crippen LogP contribution in [0.1, 0.15) is 32.6 Å². The van der Waals surface area contributed by atoms with E-state index in [0.29, 0.717) is 21.5 Å². The van der Waals surface area contributed by atoms with E-state index >= 15 is 0 Å². The minimum absolute atomic E-state index is 0.0707. The second-order valence-electron chi connectivity index (χ2n) is 8.22. The summed E-state index contributed by atoms with van der Waals surface area (Å²) in [5.74, 6) is -1.28. The van der Waals surface area contributed by atoms with Crippen LogP contribution in [-0.2, 0) is 26.6 Å². The summed E-state index contributed by atoms with van der Waals surface area (Å²) < 4.78 is 32.4. The lowest BCUT2D eigenvalue weighted by molar-refractivity contribution is -0.161. The normalized spacial score (nSPS) is 13.5. The van der Waals surface area contributed by atoms with Crippen molar-refractivity contribution in [1.29, 1.82) is 0 Å². The van der Waals surface area contributed by atoms with Gasteiger partial charge in [0.25, 0.3) is 5.56 Å². The number of carboxylic acid groups (broad SMARTS) is 1. The Morgan fingerprint density at radius 2 is 1.74 bits per heavy atom. The summed E-state index contributed by atoms with van der Waals surface area (Å²) in [4.78, 5) is 25.4. The van der Waals surface area contributed by atoms with Crippen molar-refractivity contribution in [1.82, 2.24) is 8.54 Å². The van der Waals surface area contributed by atoms with Crippen molar-refractivity contribution in [2.75, 3.05) is 6.26 Å². The van der Waals surface area contributed by atoms with Crippen LogP contribution < -0.4 is 5.56 Å². The summed E-state index contributed by atoms with van der Waals surface area (Å²) in [5.41, 5.74) is -0.499. The Balaban J connectivity index is 2.53. The van der Waals surface area contributed by atoms with Gasteiger partial charge in [0.15, 0.2) is 6.10 Å². The maximum absolute atomic E-state index is 13.2. The Morgan fingerprint density at radius 3 is 2.23 bits per heavy atom. The fourth-order valence-electron chi connectivity index (χ4n) is 3.48. The highest BCUT2D eigenvalue weighted by molar-refractivity contribution is 7.89. The van der Waals surface area contributed by atoms with E-state index in [2.05, 4.69) is 0 Å². The average Bonchev–Trinajstić information content (AvgIpc) is 3.08. The van der Waals surface area contributed by atoms with Crippen LogP contribution in [0.25, 0.3) is 22.0 Å². The number of halogens is 1. The highest BCUT2D eigenvalue weighted by atomic mass is 35.5. The third-order valence-electron chi connectivity index (χ3n) is 4.68. The van der Waals surface area contributed by atoms with Crippen molar-refractivity contribution in [3.8, 4) is 11.1 Å². The fourth-order valence-corrected chi connectivity index (χ4v) is 4.40. The van der Waals surface area contributed by atoms with E-state index in [1.54, 1.807) is 45.0 Å². The summed E-state index contributed by atoms with van der Waals surface area (Å²) in [6, 6.07) is 8.11. The molecule has 1 N–H and O–H groups in total. The number of nitrogens with zero attached hydrogens (tertiary/aromatic N) is 2. The molecule has 166 valence electrons. The summed E-state index contributed by atoms with van der Waals surface area (Å²) in [5, 5.41) is 10.7. The topological polar surface area (TPSA) is 108 Å². The number of carboxylic acids is 1. The van der Waals surface area contributed by atoms with Crippen molar-refractivity contribution in [2.45, 2.75) is 32.5 Å². The van der Waals surface area contributed by atoms with Gasteiger partial charge in [-0.2, -0.15) is 0 Å². The largest absolute Gasteiger partial charge is 0.479 e. The summed E-state index contributed by atoms with van der Waals surface area (Å²) in [6.07, 6.45) is 0.796. The van der Waals surface area contributed by atoms with Crippen molar-refractivity contribution in [3.05, 3.63) is 57.6 Å². The zero-order chi connectivity index (χ0) is 23.3. The van der Waals surface area contributed by atoms with Crippen LogP contribution in [0.3, 0.4) is 0 Å². The van der Waals surface area contributed by atoms with E-state index in [9.17, 15) is 23.1 Å². The number of aromatic nitrogens is 2. The molecule has 1 aromatic carbocycles. The Morgan fingerprint density at radius 1 is 1.16 bits per heavy atom. The van der Waals surface area contributed by atoms with Gasteiger partial charge < -0.3 is 14.4 Å². The highest BCUT2D eigenvalue weighted by Crippen LogP contribution is 2.37. The molecule has 3 rings (SSSR count). The molecule has 8 nitrogen and oxygen atoms in total. The molecule has 3 aromatic rings. The molecule has 0 saturated heterocycles. The van der Waals surface area contributed by atoms with Crippen LogP contribution in [0, 0.1) is 0 Å². The number of fused-ring (bicyclic) bond motifs is 1. The fraction of sp³-hybridized carbons (Fsp3) is 0.333. The number of benzene rings is 1. The predicted octanol–water partition coefficient (Wildman–Crippen LogP) is 3.41. The van der Waals surface area contributed by atoms with E-state index in [1.807, 2.05) is 0 Å². The second kappa shape index (κ2) is 7.81. The lowest BCUT2D eigenvalue weighted by Gasteiger charge is -2.28. The lowest BCUT2D eigenvalue weighted by atomic mass is 9.96. The van der Waals surface area contributed by atoms with Gasteiger partial charge >= 0.3 is 5.97 Å². The van der Waals surface area contributed by atoms with Gasteiger partial charge in [-0.3, -0.25) is 4.79 Å². The maximum atomic E-state index is 13.2. The predicted molar refractivity (Wildman–Crippen MR) is 119 cm³/mol. The molecule has 0 bridgehead atoms. The molecule has 2 aromatic heterocycles. The Bertz CT molecular complexity index is 1330. The van der Waals surface area contributed by atoms with E-state index in [4.69, 9.17) is 16.3 Å². The third kappa shape index (κ3) is 4.39. The molecule has 0 saturated carbocycles. The molecule has 10 heteroatoms. The van der Waals surface area contributed by atoms with Crippen molar-refractivity contribution in [2.24, 2.45) is 7.05 Å². The van der Waals surface area contributed by atoms with Crippen LogP contribution >= 0.6 is 11.6 Å². The molecule has 0 amide bonds. The number of ether oxygens (including phenoxy) is 1. The first kappa shape index (κ1) is 23.1. The quantitative estimate of drug-likeness (QED) is 0.617. The molecule has 0 spiro atoms. The number of hydrogen-bond donors (Lipinski definition) is 1. The Labute approximate surface area is 184 Å². The maximum Gasteiger partial charge on any atom is 0.339 e. The van der Waals surface area contributed by atoms with Crippen LogP contribution in [0.15, 0.2) is 41.3 Å². The molecule has 31 heavy (non-hydrogen) atoms. The zero-order valence-corrected chi connectivity index (χ0v) is 19.3. The summed E-state index contributed by atoms with van der Waals surface area (Å²) in [7, 11) is -2.37. The van der Waals surface area contributed by atoms with Crippen LogP contribution in [0.4, 0.5) is 0 Å². The molecular formula is C21H23ClN2O6S. The van der Waals surface area contributed by atoms with E-state index in [0.717, 1.165) is 14.8 Å². The minimum atomic E-state index is -3.77. The smallest absolute Gasteiger partial charge is 0.339 e. The number of carbonyl (C=O) groups is 1. The molecule has 0 fully saturated rings. The summed E-state index contributed by atoms with van der Waals surface area (Å²) in [6.45, 7) is 5.13. The van der Waals surface area contributed by atoms with E-state index in [1.165, 1.54) is 19.3 Å². The SMILES string of the molecule is Cn1c(C(OC(C)(C)C)C(=O)O)c(-c2ccc(Cl)cc2)c2ccn(S(C)(=O)=O)c2c1=O. The van der Waals surface area contributed by atoms with E-state index in [-0.39, 0.29) is 11.2 Å². The Hall–Kier alpha value is -2.62. The van der Waals surface area contributed by atoms with Crippen molar-refractivity contribution >= 4 is 38.5 Å². The second-order valence-corrected chi connectivity index (χ2v) is 10.5. The number of pyridine rings is 1. The van der Waals surface area contributed by atoms with Gasteiger partial charge in [0.1, 0.15) is 5.52 Å². The minimum Gasteiger partial charge on any atom is -0.479 e.